The molecule has 0 atom stereocenters. The van der Waals surface area contributed by atoms with E-state index in [9.17, 15) is 7.85 Å². The van der Waals surface area contributed by atoms with E-state index in [0.717, 1.165) is 141 Å². The molecule has 2 heterocycles. The fourth-order valence-corrected chi connectivity index (χ4v) is 11.7. The summed E-state index contributed by atoms with van der Waals surface area (Å²) in [5.41, 5.74) is 16.8. The smallest absolute Gasteiger partial charge is 0.148 e. The molecule has 0 bridgehead atoms. The molecule has 0 radical (unpaired) electrons. The predicted octanol–water partition coefficient (Wildman–Crippen LogP) is 18.7. The minimum Gasteiger partial charge on any atom is -0.507 e. The van der Waals surface area contributed by atoms with Crippen LogP contribution in [0.5, 0.6) is 5.75 Å². The zero-order valence-electron chi connectivity index (χ0n) is 46.8. The van der Waals surface area contributed by atoms with Crippen molar-refractivity contribution in [3.05, 3.63) is 242 Å². The van der Waals surface area contributed by atoms with Gasteiger partial charge in [0.2, 0.25) is 0 Å². The number of fused-ring (bicyclic) bond motifs is 1. The van der Waals surface area contributed by atoms with Crippen molar-refractivity contribution in [2.45, 2.75) is 64.1 Å². The Morgan fingerprint density at radius 1 is 0.455 bits per heavy atom. The van der Waals surface area contributed by atoms with Crippen LogP contribution in [0, 0.1) is 17.9 Å². The maximum absolute atomic E-state index is 12.9. The molecule has 1 N–H and O–H groups in total. The van der Waals surface area contributed by atoms with Crippen molar-refractivity contribution < 1.29 is 31.7 Å². The topological polar surface area (TPSA) is 50.9 Å². The van der Waals surface area contributed by atoms with Gasteiger partial charge in [0.15, 0.2) is 0 Å². The Hall–Kier alpha value is -7.91. The maximum atomic E-state index is 12.9. The Morgan fingerprint density at radius 3 is 1.70 bits per heavy atom. The molecule has 9 aromatic carbocycles. The van der Waals surface area contributed by atoms with Crippen molar-refractivity contribution in [1.82, 2.24) is 14.5 Å². The van der Waals surface area contributed by atoms with E-state index in [1.165, 1.54) is 0 Å². The number of phenols is 1. The molecule has 4 nitrogen and oxygen atoms in total. The van der Waals surface area contributed by atoms with Crippen LogP contribution in [0.4, 0.5) is 0 Å². The molecule has 380 valence electrons. The Balaban J connectivity index is 0.00000651. The molecule has 2 aliphatic rings. The maximum Gasteiger partial charge on any atom is 0.148 e. The normalized spacial score (nSPS) is 14.9. The first-order chi connectivity index (χ1) is 39.1. The van der Waals surface area contributed by atoms with Gasteiger partial charge in [-0.1, -0.05) is 244 Å². The van der Waals surface area contributed by atoms with Crippen LogP contribution in [0.25, 0.3) is 106 Å². The van der Waals surface area contributed by atoms with E-state index in [-0.39, 0.29) is 38.7 Å². The molecule has 77 heavy (non-hydrogen) atoms. The minimum atomic E-state index is -1.54. The van der Waals surface area contributed by atoms with E-state index in [1.807, 2.05) is 140 Å². The number of aromatic hydroxyl groups is 1. The molecule has 11 aromatic rings. The third kappa shape index (κ3) is 10.3. The number of imidazole rings is 1. The predicted molar refractivity (Wildman–Crippen MR) is 314 cm³/mol. The van der Waals surface area contributed by atoms with Crippen molar-refractivity contribution in [3.63, 3.8) is 0 Å². The van der Waals surface area contributed by atoms with Gasteiger partial charge in [-0.15, -0.1) is 23.8 Å². The van der Waals surface area contributed by atoms with Crippen molar-refractivity contribution in [2.75, 3.05) is 0 Å². The summed E-state index contributed by atoms with van der Waals surface area (Å²) in [6, 6.07) is 77.3. The number of phenolic OH excluding ortho intramolecular Hbond substituents is 1. The Kier molecular flexibility index (Phi) is 13.2. The second kappa shape index (κ2) is 22.4. The standard InChI is InChI=1S/C72H60N3O.Pt/c76-71-64(63-29-15-14-28-61(63)55-24-6-2-7-25-55)31-16-32-65(71)72-74-70-62(30-17-33-69(70)75(72)68-39-36-52(43-50-20-12-13-21-50)44-66(68)56-26-8-3-9-27-56)59-45-58(53-22-4-1-5-23-53)46-60(47-59)67-48-57(40-41-73-67)54-37-34-51(35-38-54)42-49-18-10-11-19-49;/h1-9,14-17,22-41,44-46,48-50,76H,10-13,18-21,42-43H2;/q-1;/i42D2,43D2;. The summed E-state index contributed by atoms with van der Waals surface area (Å²) < 4.78 is 39.4. The van der Waals surface area contributed by atoms with E-state index in [0.29, 0.717) is 28.0 Å². The number of hydrogen-bond donors (Lipinski definition) is 1. The van der Waals surface area contributed by atoms with Gasteiger partial charge in [0, 0.05) is 49.6 Å². The molecule has 0 aliphatic heterocycles. The van der Waals surface area contributed by atoms with Crippen LogP contribution in [0.15, 0.2) is 225 Å². The average molecular weight is 1180 g/mol. The first-order valence-corrected chi connectivity index (χ1v) is 27.0. The second-order valence-electron chi connectivity index (χ2n) is 20.5. The summed E-state index contributed by atoms with van der Waals surface area (Å²) in [5.74, 6) is 0.597. The van der Waals surface area contributed by atoms with Gasteiger partial charge in [-0.25, -0.2) is 4.98 Å². The number of nitrogens with zero attached hydrogens (tertiary/aromatic N) is 3. The first-order valence-electron chi connectivity index (χ1n) is 29.0. The number of aromatic nitrogens is 3. The molecule has 0 unspecified atom stereocenters. The van der Waals surface area contributed by atoms with Gasteiger partial charge < -0.3 is 5.11 Å². The molecule has 2 aromatic heterocycles. The van der Waals surface area contributed by atoms with Crippen LogP contribution in [-0.2, 0) is 33.8 Å². The molecule has 2 aliphatic carbocycles. The van der Waals surface area contributed by atoms with E-state index in [2.05, 4.69) is 95.6 Å². The molecule has 2 saturated carbocycles. The van der Waals surface area contributed by atoms with Crippen LogP contribution >= 0.6 is 0 Å². The Bertz CT molecular complexity index is 4040. The van der Waals surface area contributed by atoms with E-state index >= 15 is 0 Å². The Labute approximate surface area is 473 Å². The number of para-hydroxylation sites is 2. The van der Waals surface area contributed by atoms with Gasteiger partial charge >= 0.3 is 0 Å². The van der Waals surface area contributed by atoms with Crippen LogP contribution in [-0.4, -0.2) is 19.6 Å². The van der Waals surface area contributed by atoms with Gasteiger partial charge in [-0.3, -0.25) is 9.55 Å². The van der Waals surface area contributed by atoms with E-state index in [4.69, 9.17) is 12.7 Å². The average Bonchev–Trinajstić information content (AvgIpc) is 4.51. The van der Waals surface area contributed by atoms with Crippen molar-refractivity contribution in [2.24, 2.45) is 11.8 Å². The zero-order chi connectivity index (χ0) is 54.4. The molecule has 0 spiro atoms. The quantitative estimate of drug-likeness (QED) is 0.117. The van der Waals surface area contributed by atoms with Crippen LogP contribution in [0.2, 0.25) is 0 Å². The van der Waals surface area contributed by atoms with Crippen LogP contribution < -0.4 is 0 Å². The molecular formula is C72H60N3OPt-. The zero-order valence-corrected chi connectivity index (χ0v) is 45.1. The third-order valence-electron chi connectivity index (χ3n) is 15.6. The summed E-state index contributed by atoms with van der Waals surface area (Å²) in [6.07, 6.45) is 6.73. The van der Waals surface area contributed by atoms with Crippen LogP contribution in [0.1, 0.15) is 68.0 Å². The second-order valence-corrected chi connectivity index (χ2v) is 20.5. The number of rotatable bonds is 13. The number of pyridine rings is 1. The van der Waals surface area contributed by atoms with Gasteiger partial charge in [-0.05, 0) is 105 Å². The fourth-order valence-electron chi connectivity index (χ4n) is 11.7. The summed E-state index contributed by atoms with van der Waals surface area (Å²) in [6.45, 7) is 0. The van der Waals surface area contributed by atoms with Crippen molar-refractivity contribution in [1.29, 1.82) is 0 Å². The molecule has 5 heteroatoms. The monoisotopic (exact) mass is 1180 g/mol. The summed E-state index contributed by atoms with van der Waals surface area (Å²) >= 11 is 0. The van der Waals surface area contributed by atoms with E-state index in [1.54, 1.807) is 0 Å². The van der Waals surface area contributed by atoms with Gasteiger partial charge in [0.05, 0.1) is 22.3 Å². The minimum absolute atomic E-state index is 0. The SMILES string of the molecule is [2H]C([2H])(c1ccc(-c2ccnc(-c3[c-]c(-c4cccc5c4nc(-c4cccc(-c6ccccc6-c6ccccc6)c4O)n5-c4ccc(C([2H])([2H])C5CCCC5)cc4-c4ccccc4)cc(-c4ccccc4)c3)c2)cc1)C1CCCC1.[Pt]. The van der Waals surface area contributed by atoms with Crippen molar-refractivity contribution in [3.8, 4) is 101 Å². The van der Waals surface area contributed by atoms with Crippen molar-refractivity contribution >= 4 is 11.0 Å². The summed E-state index contributed by atoms with van der Waals surface area (Å²) in [7, 11) is 0. The van der Waals surface area contributed by atoms with Crippen LogP contribution in [0.3, 0.4) is 0 Å². The largest absolute Gasteiger partial charge is 0.507 e. The Morgan fingerprint density at radius 2 is 1.00 bits per heavy atom. The molecule has 2 fully saturated rings. The molecule has 13 rings (SSSR count). The number of benzene rings is 9. The number of hydrogen-bond acceptors (Lipinski definition) is 3. The first kappa shape index (κ1) is 45.3. The van der Waals surface area contributed by atoms with Gasteiger partial charge in [-0.2, -0.15) is 0 Å². The van der Waals surface area contributed by atoms with Gasteiger partial charge in [0.25, 0.3) is 0 Å². The fraction of sp³-hybridized carbons (Fsp3) is 0.167. The summed E-state index contributed by atoms with van der Waals surface area (Å²) in [4.78, 5) is 10.6. The summed E-state index contributed by atoms with van der Waals surface area (Å²) in [5, 5.41) is 12.9. The van der Waals surface area contributed by atoms with E-state index < -0.39 is 12.7 Å². The molecular weight excluding hydrogens is 1120 g/mol. The third-order valence-corrected chi connectivity index (χ3v) is 15.6. The van der Waals surface area contributed by atoms with Gasteiger partial charge in [0.1, 0.15) is 11.6 Å². The molecule has 0 saturated heterocycles. The molecule has 0 amide bonds.